The maximum Gasteiger partial charge on any atom is 0.336 e. The van der Waals surface area contributed by atoms with Crippen molar-refractivity contribution in [1.29, 1.82) is 0 Å². The molecular weight excluding hydrogens is 378 g/mol. The number of hydrogen-bond acceptors (Lipinski definition) is 7. The molecule has 3 heterocycles. The molecule has 3 atom stereocenters. The van der Waals surface area contributed by atoms with Crippen molar-refractivity contribution < 1.29 is 28.6 Å². The number of methoxy groups -OCH3 is 2. The zero-order valence-electron chi connectivity index (χ0n) is 16.5. The van der Waals surface area contributed by atoms with Gasteiger partial charge in [0.15, 0.2) is 11.5 Å². The molecule has 3 aliphatic heterocycles. The summed E-state index contributed by atoms with van der Waals surface area (Å²) in [7, 11) is 3.03. The monoisotopic (exact) mass is 401 g/mol. The fourth-order valence-electron chi connectivity index (χ4n) is 4.42. The number of nitrogens with one attached hydrogen (secondary N) is 2. The molecule has 1 aromatic carbocycles. The van der Waals surface area contributed by atoms with Gasteiger partial charge in [0, 0.05) is 18.0 Å². The van der Waals surface area contributed by atoms with E-state index in [1.807, 2.05) is 6.92 Å². The van der Waals surface area contributed by atoms with Crippen molar-refractivity contribution in [3.8, 4) is 11.5 Å². The summed E-state index contributed by atoms with van der Waals surface area (Å²) in [6.07, 6.45) is 0.131. The van der Waals surface area contributed by atoms with Gasteiger partial charge in [0.2, 0.25) is 5.91 Å². The Hall–Kier alpha value is -3.23. The number of esters is 1. The molecule has 0 saturated carbocycles. The number of ether oxygens (including phenoxy) is 3. The molecule has 3 aliphatic rings. The number of nitrogens with zero attached hydrogens (tertiary/aromatic N) is 1. The molecule has 3 amide bonds. The highest BCUT2D eigenvalue weighted by atomic mass is 16.5. The number of hydrogen-bond donors (Lipinski definition) is 2. The van der Waals surface area contributed by atoms with Crippen LogP contribution in [0.3, 0.4) is 0 Å². The van der Waals surface area contributed by atoms with Crippen LogP contribution in [-0.4, -0.2) is 56.3 Å². The minimum absolute atomic E-state index is 0.0793. The first-order chi connectivity index (χ1) is 14.0. The number of imide groups is 1. The van der Waals surface area contributed by atoms with E-state index in [4.69, 9.17) is 14.2 Å². The van der Waals surface area contributed by atoms with Gasteiger partial charge >= 0.3 is 12.0 Å². The lowest BCUT2D eigenvalue weighted by Gasteiger charge is -2.46. The third kappa shape index (κ3) is 2.88. The zero-order chi connectivity index (χ0) is 20.7. The van der Waals surface area contributed by atoms with Crippen LogP contribution in [0, 0.1) is 5.92 Å². The molecule has 1 saturated heterocycles. The van der Waals surface area contributed by atoms with Gasteiger partial charge in [-0.2, -0.15) is 0 Å². The zero-order valence-corrected chi connectivity index (χ0v) is 16.5. The predicted octanol–water partition coefficient (Wildman–Crippen LogP) is 1.11. The highest BCUT2D eigenvalue weighted by molar-refractivity contribution is 6.02. The second-order valence-corrected chi connectivity index (χ2v) is 7.13. The van der Waals surface area contributed by atoms with Crippen LogP contribution >= 0.6 is 0 Å². The molecule has 0 aromatic heterocycles. The van der Waals surface area contributed by atoms with Gasteiger partial charge in [-0.1, -0.05) is 19.1 Å². The normalized spacial score (nSPS) is 25.7. The van der Waals surface area contributed by atoms with E-state index in [9.17, 15) is 14.4 Å². The number of urea groups is 1. The number of cyclic esters (lactones) is 1. The Bertz CT molecular complexity index is 911. The smallest absolute Gasteiger partial charge is 0.336 e. The predicted molar refractivity (Wildman–Crippen MR) is 101 cm³/mol. The summed E-state index contributed by atoms with van der Waals surface area (Å²) < 4.78 is 16.3. The molecular formula is C20H23N3O6. The van der Waals surface area contributed by atoms with E-state index < -0.39 is 35.9 Å². The van der Waals surface area contributed by atoms with Crippen LogP contribution in [0.5, 0.6) is 11.5 Å². The van der Waals surface area contributed by atoms with Crippen molar-refractivity contribution in [2.75, 3.05) is 27.4 Å². The Labute approximate surface area is 168 Å². The van der Waals surface area contributed by atoms with E-state index in [0.717, 1.165) is 6.42 Å². The topological polar surface area (TPSA) is 106 Å². The third-order valence-electron chi connectivity index (χ3n) is 5.59. The highest BCUT2D eigenvalue weighted by Gasteiger charge is 2.54. The van der Waals surface area contributed by atoms with Crippen molar-refractivity contribution in [3.63, 3.8) is 0 Å². The van der Waals surface area contributed by atoms with Crippen molar-refractivity contribution in [2.45, 2.75) is 25.4 Å². The summed E-state index contributed by atoms with van der Waals surface area (Å²) in [5.41, 5.74) is 1.61. The molecule has 0 spiro atoms. The van der Waals surface area contributed by atoms with Crippen LogP contribution in [0.15, 0.2) is 29.5 Å². The second kappa shape index (κ2) is 7.31. The van der Waals surface area contributed by atoms with Gasteiger partial charge in [-0.3, -0.25) is 10.1 Å². The molecule has 9 heteroatoms. The van der Waals surface area contributed by atoms with Crippen LogP contribution in [0.2, 0.25) is 0 Å². The van der Waals surface area contributed by atoms with Crippen LogP contribution in [0.1, 0.15) is 24.8 Å². The summed E-state index contributed by atoms with van der Waals surface area (Å²) in [4.78, 5) is 39.6. The van der Waals surface area contributed by atoms with E-state index in [1.54, 1.807) is 23.1 Å². The average Bonchev–Trinajstić information content (AvgIpc) is 3.09. The summed E-state index contributed by atoms with van der Waals surface area (Å²) in [6, 6.07) is 4.88. The molecule has 29 heavy (non-hydrogen) atoms. The van der Waals surface area contributed by atoms with E-state index in [-0.39, 0.29) is 6.61 Å². The first kappa shape index (κ1) is 19.1. The van der Waals surface area contributed by atoms with Gasteiger partial charge in [0.1, 0.15) is 12.8 Å². The number of benzene rings is 1. The van der Waals surface area contributed by atoms with Crippen LogP contribution < -0.4 is 20.1 Å². The summed E-state index contributed by atoms with van der Waals surface area (Å²) in [6.45, 7) is 2.50. The molecule has 4 rings (SSSR count). The Kier molecular flexibility index (Phi) is 4.81. The van der Waals surface area contributed by atoms with E-state index in [0.29, 0.717) is 34.9 Å². The van der Waals surface area contributed by atoms with Crippen LogP contribution in [0.4, 0.5) is 4.79 Å². The molecule has 2 N–H and O–H groups in total. The molecule has 1 fully saturated rings. The van der Waals surface area contributed by atoms with E-state index in [1.165, 1.54) is 14.2 Å². The highest BCUT2D eigenvalue weighted by Crippen LogP contribution is 2.48. The van der Waals surface area contributed by atoms with Gasteiger partial charge < -0.3 is 24.4 Å². The molecule has 1 aromatic rings. The average molecular weight is 401 g/mol. The lowest BCUT2D eigenvalue weighted by atomic mass is 9.74. The van der Waals surface area contributed by atoms with Crippen molar-refractivity contribution in [2.24, 2.45) is 5.92 Å². The molecule has 0 aliphatic carbocycles. The van der Waals surface area contributed by atoms with Gasteiger partial charge in [0.05, 0.1) is 31.4 Å². The molecule has 3 unspecified atom stereocenters. The standard InChI is InChI=1S/C20H23N3O6/c1-4-8-23-17-15(18(24)22-20(23)26)13(14-11(21-17)9-29-19(14)25)10-6-5-7-12(27-2)16(10)28-3/h5-7,13,15,17,21H,4,8-9H2,1-3H3,(H,22,24,26). The van der Waals surface area contributed by atoms with Crippen LogP contribution in [0.25, 0.3) is 0 Å². The quantitative estimate of drug-likeness (QED) is 0.712. The lowest BCUT2D eigenvalue weighted by Crippen LogP contribution is -2.67. The summed E-state index contributed by atoms with van der Waals surface area (Å²) >= 11 is 0. The molecule has 0 bridgehead atoms. The molecule has 0 radical (unpaired) electrons. The second-order valence-electron chi connectivity index (χ2n) is 7.13. The van der Waals surface area contributed by atoms with E-state index in [2.05, 4.69) is 10.6 Å². The fourth-order valence-corrected chi connectivity index (χ4v) is 4.42. The van der Waals surface area contributed by atoms with Gasteiger partial charge in [0.25, 0.3) is 0 Å². The number of carbonyl (C=O) groups is 3. The summed E-state index contributed by atoms with van der Waals surface area (Å²) in [5, 5.41) is 5.65. The summed E-state index contributed by atoms with van der Waals surface area (Å²) in [5.74, 6) is -1.37. The van der Waals surface area contributed by atoms with Gasteiger partial charge in [-0.15, -0.1) is 0 Å². The van der Waals surface area contributed by atoms with Crippen molar-refractivity contribution >= 4 is 17.9 Å². The number of para-hydroxylation sites is 1. The minimum Gasteiger partial charge on any atom is -0.493 e. The number of rotatable bonds is 5. The van der Waals surface area contributed by atoms with Gasteiger partial charge in [-0.05, 0) is 12.5 Å². The SMILES string of the molecule is CCCN1C(=O)NC(=O)C2C(c3cccc(OC)c3OC)C3=C(COC3=O)NC21. The number of amides is 3. The minimum atomic E-state index is -0.732. The third-order valence-corrected chi connectivity index (χ3v) is 5.59. The molecule has 9 nitrogen and oxygen atoms in total. The lowest BCUT2D eigenvalue weighted by molar-refractivity contribution is -0.136. The molecule has 154 valence electrons. The van der Waals surface area contributed by atoms with Gasteiger partial charge in [-0.25, -0.2) is 9.59 Å². The Balaban J connectivity index is 1.91. The van der Waals surface area contributed by atoms with Crippen molar-refractivity contribution in [3.05, 3.63) is 35.0 Å². The van der Waals surface area contributed by atoms with Crippen LogP contribution in [-0.2, 0) is 14.3 Å². The van der Waals surface area contributed by atoms with Crippen molar-refractivity contribution in [1.82, 2.24) is 15.5 Å². The Morgan fingerprint density at radius 2 is 2.00 bits per heavy atom. The first-order valence-electron chi connectivity index (χ1n) is 9.50. The maximum absolute atomic E-state index is 13.0. The Morgan fingerprint density at radius 1 is 1.21 bits per heavy atom. The maximum atomic E-state index is 13.0. The largest absolute Gasteiger partial charge is 0.493 e. The fraction of sp³-hybridized carbons (Fsp3) is 0.450. The van der Waals surface area contributed by atoms with E-state index >= 15 is 0 Å². The number of carbonyl (C=O) groups excluding carboxylic acids is 3. The first-order valence-corrected chi connectivity index (χ1v) is 9.50. The number of fused-ring (bicyclic) bond motifs is 1. The Morgan fingerprint density at radius 3 is 2.69 bits per heavy atom.